The Kier molecular flexibility index (Phi) is 6.78. The van der Waals surface area contributed by atoms with Crippen LogP contribution >= 0.6 is 0 Å². The molecule has 1 aliphatic rings. The number of likely N-dealkylation sites (tertiary alicyclic amines) is 1. The summed E-state index contributed by atoms with van der Waals surface area (Å²) in [5, 5.41) is 25.0. The van der Waals surface area contributed by atoms with Gasteiger partial charge >= 0.3 is 5.97 Å². The highest BCUT2D eigenvalue weighted by Gasteiger charge is 2.27. The molecule has 34 heavy (non-hydrogen) atoms. The highest BCUT2D eigenvalue weighted by atomic mass is 16.4. The van der Waals surface area contributed by atoms with Crippen molar-refractivity contribution in [2.75, 3.05) is 11.9 Å². The molecule has 1 saturated heterocycles. The third kappa shape index (κ3) is 5.35. The molecular weight excluding hydrogens is 434 g/mol. The number of hydrogen-bond donors (Lipinski definition) is 3. The van der Waals surface area contributed by atoms with Crippen molar-refractivity contribution in [1.82, 2.24) is 10.2 Å². The van der Waals surface area contributed by atoms with E-state index in [1.54, 1.807) is 23.1 Å². The second-order valence-electron chi connectivity index (χ2n) is 8.23. The topological polar surface area (TPSA) is 131 Å². The van der Waals surface area contributed by atoms with E-state index in [2.05, 4.69) is 15.6 Å². The second-order valence-corrected chi connectivity index (χ2v) is 8.23. The second kappa shape index (κ2) is 10.1. The number of hydrogen-bond acceptors (Lipinski definition) is 5. The Morgan fingerprint density at radius 3 is 2.91 bits per heavy atom. The molecule has 1 fully saturated rings. The van der Waals surface area contributed by atoms with E-state index < -0.39 is 12.0 Å². The Labute approximate surface area is 196 Å². The van der Waals surface area contributed by atoms with Gasteiger partial charge in [-0.2, -0.15) is 5.26 Å². The van der Waals surface area contributed by atoms with Crippen molar-refractivity contribution in [3.63, 3.8) is 0 Å². The fourth-order valence-electron chi connectivity index (χ4n) is 4.08. The molecule has 0 spiro atoms. The van der Waals surface area contributed by atoms with Crippen LogP contribution in [0.15, 0.2) is 57.9 Å². The van der Waals surface area contributed by atoms with Gasteiger partial charge in [-0.25, -0.2) is 9.79 Å². The third-order valence-electron chi connectivity index (χ3n) is 5.66. The molecule has 4 rings (SSSR count). The average Bonchev–Trinajstić information content (AvgIpc) is 3.10. The minimum Gasteiger partial charge on any atom is -0.478 e. The van der Waals surface area contributed by atoms with Gasteiger partial charge in [-0.1, -0.05) is 12.1 Å². The summed E-state index contributed by atoms with van der Waals surface area (Å²) in [5.74, 6) is -0.170. The fourth-order valence-corrected chi connectivity index (χ4v) is 4.08. The summed E-state index contributed by atoms with van der Waals surface area (Å²) in [7, 11) is 0. The van der Waals surface area contributed by atoms with Gasteiger partial charge in [0.15, 0.2) is 6.19 Å². The van der Waals surface area contributed by atoms with Crippen LogP contribution < -0.4 is 10.6 Å². The highest BCUT2D eigenvalue weighted by molar-refractivity contribution is 5.98. The molecule has 9 heteroatoms. The van der Waals surface area contributed by atoms with E-state index in [1.165, 1.54) is 6.07 Å². The lowest BCUT2D eigenvalue weighted by Crippen LogP contribution is -2.38. The Morgan fingerprint density at radius 1 is 1.26 bits per heavy atom. The molecule has 2 heterocycles. The zero-order valence-electron chi connectivity index (χ0n) is 18.7. The number of carbonyl (C=O) groups is 2. The third-order valence-corrected chi connectivity index (χ3v) is 5.66. The molecule has 0 radical (unpaired) electrons. The van der Waals surface area contributed by atoms with Crippen LogP contribution in [0.3, 0.4) is 0 Å². The number of nitriles is 1. The largest absolute Gasteiger partial charge is 0.478 e. The van der Waals surface area contributed by atoms with Gasteiger partial charge < -0.3 is 19.7 Å². The first-order valence-corrected chi connectivity index (χ1v) is 11.0. The average molecular weight is 460 g/mol. The molecule has 2 aromatic carbocycles. The van der Waals surface area contributed by atoms with Crippen molar-refractivity contribution >= 4 is 34.5 Å². The van der Waals surface area contributed by atoms with Crippen LogP contribution in [0.1, 0.15) is 40.9 Å². The lowest BCUT2D eigenvalue weighted by molar-refractivity contribution is -0.132. The number of amides is 1. The summed E-state index contributed by atoms with van der Waals surface area (Å²) >= 11 is 0. The minimum absolute atomic E-state index is 0.154. The SMILES string of the molecule is Cc1cc2cc(NC(=NC3CCCCN(Cc4cccc(C(=O)O)c4)C3=O)NC#N)ccc2o1. The fraction of sp³-hybridized carbons (Fsp3) is 0.280. The number of rotatable bonds is 5. The smallest absolute Gasteiger partial charge is 0.335 e. The van der Waals surface area contributed by atoms with Gasteiger partial charge in [0.05, 0.1) is 5.56 Å². The van der Waals surface area contributed by atoms with Crippen molar-refractivity contribution < 1.29 is 19.1 Å². The molecular formula is C25H25N5O4. The summed E-state index contributed by atoms with van der Waals surface area (Å²) in [6.07, 6.45) is 4.07. The molecule has 9 nitrogen and oxygen atoms in total. The molecule has 0 bridgehead atoms. The number of carboxylic acids is 1. The normalized spacial score (nSPS) is 16.7. The van der Waals surface area contributed by atoms with Crippen LogP contribution in [-0.4, -0.2) is 40.4 Å². The van der Waals surface area contributed by atoms with E-state index in [0.717, 1.165) is 35.1 Å². The molecule has 0 saturated carbocycles. The first kappa shape index (κ1) is 22.9. The van der Waals surface area contributed by atoms with Gasteiger partial charge in [0.2, 0.25) is 11.9 Å². The van der Waals surface area contributed by atoms with Crippen LogP contribution in [0, 0.1) is 18.4 Å². The minimum atomic E-state index is -1.01. The quantitative estimate of drug-likeness (QED) is 0.228. The first-order chi connectivity index (χ1) is 16.4. The van der Waals surface area contributed by atoms with Gasteiger partial charge in [0.25, 0.3) is 0 Å². The van der Waals surface area contributed by atoms with Gasteiger partial charge in [-0.3, -0.25) is 10.1 Å². The number of carbonyl (C=O) groups excluding carboxylic acids is 1. The number of benzene rings is 2. The number of aryl methyl sites for hydroxylation is 1. The number of aliphatic imine (C=N–C) groups is 1. The number of anilines is 1. The predicted octanol–water partition coefficient (Wildman–Crippen LogP) is 3.86. The van der Waals surface area contributed by atoms with E-state index in [4.69, 9.17) is 4.42 Å². The Morgan fingerprint density at radius 2 is 2.12 bits per heavy atom. The van der Waals surface area contributed by atoms with E-state index in [-0.39, 0.29) is 17.4 Å². The van der Waals surface area contributed by atoms with Crippen molar-refractivity contribution in [1.29, 1.82) is 5.26 Å². The van der Waals surface area contributed by atoms with E-state index in [1.807, 2.05) is 37.4 Å². The van der Waals surface area contributed by atoms with Crippen LogP contribution in [0.4, 0.5) is 5.69 Å². The molecule has 1 atom stereocenters. The molecule has 1 amide bonds. The Hall–Kier alpha value is -4.32. The number of carboxylic acid groups (broad SMARTS) is 1. The predicted molar refractivity (Wildman–Crippen MR) is 127 cm³/mol. The summed E-state index contributed by atoms with van der Waals surface area (Å²) in [4.78, 5) is 30.8. The highest BCUT2D eigenvalue weighted by Crippen LogP contribution is 2.23. The maximum Gasteiger partial charge on any atom is 0.335 e. The van der Waals surface area contributed by atoms with Crippen LogP contribution in [0.5, 0.6) is 0 Å². The zero-order chi connectivity index (χ0) is 24.1. The van der Waals surface area contributed by atoms with E-state index >= 15 is 0 Å². The molecule has 1 unspecified atom stereocenters. The number of nitrogens with one attached hydrogen (secondary N) is 2. The number of furan rings is 1. The van der Waals surface area contributed by atoms with Crippen molar-refractivity contribution in [3.05, 3.63) is 65.4 Å². The lowest BCUT2D eigenvalue weighted by Gasteiger charge is -2.23. The van der Waals surface area contributed by atoms with Gasteiger partial charge in [-0.05, 0) is 68.1 Å². The monoisotopic (exact) mass is 459 g/mol. The van der Waals surface area contributed by atoms with Crippen LogP contribution in [0.2, 0.25) is 0 Å². The zero-order valence-corrected chi connectivity index (χ0v) is 18.7. The molecule has 3 N–H and O–H groups in total. The first-order valence-electron chi connectivity index (χ1n) is 11.0. The summed E-state index contributed by atoms with van der Waals surface area (Å²) in [6, 6.07) is 13.4. The van der Waals surface area contributed by atoms with Crippen molar-refractivity contribution in [2.24, 2.45) is 4.99 Å². The summed E-state index contributed by atoms with van der Waals surface area (Å²) in [5.41, 5.74) is 2.40. The molecule has 3 aromatic rings. The van der Waals surface area contributed by atoms with Gasteiger partial charge in [-0.15, -0.1) is 0 Å². The standard InChI is InChI=1S/C25H25N5O4/c1-16-11-19-13-20(8-9-22(19)34-16)28-25(27-15-26)29-21-7-2-3-10-30(23(21)31)14-17-5-4-6-18(12-17)24(32)33/h4-6,8-9,11-13,21H,2-3,7,10,14H2,1H3,(H,32,33)(H2,27,28,29). The lowest BCUT2D eigenvalue weighted by atomic mass is 10.1. The Balaban J connectivity index is 1.53. The molecule has 1 aromatic heterocycles. The van der Waals surface area contributed by atoms with Crippen LogP contribution in [-0.2, 0) is 11.3 Å². The van der Waals surface area contributed by atoms with Crippen LogP contribution in [0.25, 0.3) is 11.0 Å². The van der Waals surface area contributed by atoms with E-state index in [0.29, 0.717) is 25.2 Å². The summed E-state index contributed by atoms with van der Waals surface area (Å²) < 4.78 is 5.60. The summed E-state index contributed by atoms with van der Waals surface area (Å²) in [6.45, 7) is 2.74. The Bertz CT molecular complexity index is 1290. The van der Waals surface area contributed by atoms with Crippen molar-refractivity contribution in [3.8, 4) is 6.19 Å². The molecule has 0 aliphatic carbocycles. The van der Waals surface area contributed by atoms with Gasteiger partial charge in [0, 0.05) is 24.2 Å². The van der Waals surface area contributed by atoms with E-state index in [9.17, 15) is 20.0 Å². The number of aromatic carboxylic acids is 1. The maximum absolute atomic E-state index is 13.3. The maximum atomic E-state index is 13.3. The number of guanidine groups is 1. The number of nitrogens with zero attached hydrogens (tertiary/aromatic N) is 3. The molecule has 174 valence electrons. The van der Waals surface area contributed by atoms with Gasteiger partial charge in [0.1, 0.15) is 17.4 Å². The van der Waals surface area contributed by atoms with Crippen molar-refractivity contribution in [2.45, 2.75) is 38.8 Å². The number of fused-ring (bicyclic) bond motifs is 1. The molecule has 1 aliphatic heterocycles.